The molecule has 102 valence electrons. The summed E-state index contributed by atoms with van der Waals surface area (Å²) in [6.45, 7) is 1.78. The van der Waals surface area contributed by atoms with E-state index in [1.807, 2.05) is 30.3 Å². The van der Waals surface area contributed by atoms with Gasteiger partial charge in [-0.1, -0.05) is 30.3 Å². The Balaban J connectivity index is 1.83. The molecule has 6 heteroatoms. The van der Waals surface area contributed by atoms with E-state index in [1.165, 1.54) is 6.08 Å². The number of carbonyl (C=O) groups is 2. The number of hydrogen-bond acceptors (Lipinski definition) is 3. The van der Waals surface area contributed by atoms with Crippen LogP contribution in [0.1, 0.15) is 21.7 Å². The fourth-order valence-corrected chi connectivity index (χ4v) is 1.49. The second-order valence-electron chi connectivity index (χ2n) is 4.12. The minimum atomic E-state index is -0.476. The predicted molar refractivity (Wildman–Crippen MR) is 74.4 cm³/mol. The van der Waals surface area contributed by atoms with Crippen LogP contribution >= 0.6 is 0 Å². The Bertz CT molecular complexity index is 632. The van der Waals surface area contributed by atoms with Gasteiger partial charge < -0.3 is 0 Å². The molecule has 1 aromatic carbocycles. The fourth-order valence-electron chi connectivity index (χ4n) is 1.49. The third-order valence-corrected chi connectivity index (χ3v) is 2.46. The molecule has 20 heavy (non-hydrogen) atoms. The van der Waals surface area contributed by atoms with E-state index in [0.717, 1.165) is 11.3 Å². The van der Waals surface area contributed by atoms with Gasteiger partial charge in [-0.05, 0) is 24.6 Å². The van der Waals surface area contributed by atoms with E-state index < -0.39 is 11.8 Å². The zero-order valence-electron chi connectivity index (χ0n) is 10.9. The quantitative estimate of drug-likeness (QED) is 0.578. The summed E-state index contributed by atoms with van der Waals surface area (Å²) in [5, 5.41) is 6.43. The largest absolute Gasteiger partial charge is 0.290 e. The van der Waals surface area contributed by atoms with E-state index in [4.69, 9.17) is 0 Å². The summed E-state index contributed by atoms with van der Waals surface area (Å²) in [5.74, 6) is -0.898. The first-order chi connectivity index (χ1) is 9.65. The molecule has 1 heterocycles. The molecule has 0 saturated heterocycles. The van der Waals surface area contributed by atoms with Crippen molar-refractivity contribution in [2.45, 2.75) is 6.92 Å². The molecule has 0 fully saturated rings. The van der Waals surface area contributed by atoms with E-state index in [2.05, 4.69) is 21.0 Å². The Morgan fingerprint density at radius 2 is 1.95 bits per heavy atom. The van der Waals surface area contributed by atoms with Crippen LogP contribution in [0.4, 0.5) is 0 Å². The van der Waals surface area contributed by atoms with Gasteiger partial charge in [0.2, 0.25) is 0 Å². The molecule has 2 amide bonds. The van der Waals surface area contributed by atoms with E-state index >= 15 is 0 Å². The molecule has 1 aromatic heterocycles. The van der Waals surface area contributed by atoms with Crippen LogP contribution in [0.15, 0.2) is 42.5 Å². The molecule has 6 nitrogen and oxygen atoms in total. The molecule has 0 atom stereocenters. The highest BCUT2D eigenvalue weighted by Gasteiger charge is 2.08. The van der Waals surface area contributed by atoms with Crippen molar-refractivity contribution in [3.05, 3.63) is 59.4 Å². The molecule has 0 spiro atoms. The monoisotopic (exact) mass is 270 g/mol. The number of rotatable bonds is 3. The van der Waals surface area contributed by atoms with Crippen LogP contribution in [-0.4, -0.2) is 22.0 Å². The van der Waals surface area contributed by atoms with Gasteiger partial charge in [-0.3, -0.25) is 25.5 Å². The first-order valence-corrected chi connectivity index (χ1v) is 6.00. The topological polar surface area (TPSA) is 86.9 Å². The standard InChI is InChI=1S/C14H14N4O2/c1-10-9-12(16-15-10)14(20)18-17-13(19)8-7-11-5-3-2-4-6-11/h2-9H,1H3,(H,15,16)(H,17,19)(H,18,20). The Kier molecular flexibility index (Phi) is 4.28. The highest BCUT2D eigenvalue weighted by molar-refractivity contribution is 5.96. The molecule has 0 saturated carbocycles. The SMILES string of the molecule is Cc1cc(C(=O)NNC(=O)C=Cc2ccccc2)n[nH]1. The van der Waals surface area contributed by atoms with Crippen molar-refractivity contribution in [3.8, 4) is 0 Å². The molecule has 0 aliphatic rings. The van der Waals surface area contributed by atoms with Crippen molar-refractivity contribution < 1.29 is 9.59 Å². The lowest BCUT2D eigenvalue weighted by Gasteiger charge is -2.02. The first-order valence-electron chi connectivity index (χ1n) is 6.00. The lowest BCUT2D eigenvalue weighted by Crippen LogP contribution is -2.40. The number of H-pyrrole nitrogens is 1. The third kappa shape index (κ3) is 3.81. The van der Waals surface area contributed by atoms with E-state index in [1.54, 1.807) is 19.1 Å². The summed E-state index contributed by atoms with van der Waals surface area (Å²) in [6.07, 6.45) is 2.99. The molecular formula is C14H14N4O2. The number of aryl methyl sites for hydroxylation is 1. The number of amides is 2. The molecular weight excluding hydrogens is 256 g/mol. The van der Waals surface area contributed by atoms with Crippen molar-refractivity contribution in [1.82, 2.24) is 21.0 Å². The van der Waals surface area contributed by atoms with Gasteiger partial charge >= 0.3 is 0 Å². The van der Waals surface area contributed by atoms with Crippen LogP contribution < -0.4 is 10.9 Å². The number of aromatic nitrogens is 2. The Morgan fingerprint density at radius 1 is 1.20 bits per heavy atom. The minimum absolute atomic E-state index is 0.217. The normalized spacial score (nSPS) is 10.4. The van der Waals surface area contributed by atoms with Crippen molar-refractivity contribution in [3.63, 3.8) is 0 Å². The van der Waals surface area contributed by atoms with Gasteiger partial charge in [-0.25, -0.2) is 0 Å². The molecule has 0 radical (unpaired) electrons. The summed E-state index contributed by atoms with van der Waals surface area (Å²) >= 11 is 0. The molecule has 0 aliphatic heterocycles. The highest BCUT2D eigenvalue weighted by atomic mass is 16.2. The van der Waals surface area contributed by atoms with Gasteiger partial charge in [0.05, 0.1) is 0 Å². The van der Waals surface area contributed by atoms with Crippen LogP contribution in [0.25, 0.3) is 6.08 Å². The first kappa shape index (κ1) is 13.5. The second-order valence-corrected chi connectivity index (χ2v) is 4.12. The van der Waals surface area contributed by atoms with Crippen LogP contribution in [0.5, 0.6) is 0 Å². The fraction of sp³-hybridized carbons (Fsp3) is 0.0714. The molecule has 0 bridgehead atoms. The molecule has 0 unspecified atom stereocenters. The van der Waals surface area contributed by atoms with E-state index in [9.17, 15) is 9.59 Å². The Morgan fingerprint density at radius 3 is 2.60 bits per heavy atom. The molecule has 2 aromatic rings. The summed E-state index contributed by atoms with van der Waals surface area (Å²) in [7, 11) is 0. The van der Waals surface area contributed by atoms with Gasteiger partial charge in [-0.2, -0.15) is 5.10 Å². The molecule has 3 N–H and O–H groups in total. The average Bonchev–Trinajstić information content (AvgIpc) is 2.90. The van der Waals surface area contributed by atoms with Crippen LogP contribution in [0, 0.1) is 6.92 Å². The van der Waals surface area contributed by atoms with E-state index in [-0.39, 0.29) is 5.69 Å². The second kappa shape index (κ2) is 6.33. The zero-order chi connectivity index (χ0) is 14.4. The number of nitrogens with one attached hydrogen (secondary N) is 3. The number of hydrogen-bond donors (Lipinski definition) is 3. The lowest BCUT2D eigenvalue weighted by molar-refractivity contribution is -0.117. The van der Waals surface area contributed by atoms with Crippen molar-refractivity contribution >= 4 is 17.9 Å². The van der Waals surface area contributed by atoms with Crippen molar-refractivity contribution in [1.29, 1.82) is 0 Å². The van der Waals surface area contributed by atoms with Crippen LogP contribution in [-0.2, 0) is 4.79 Å². The zero-order valence-corrected chi connectivity index (χ0v) is 10.9. The van der Waals surface area contributed by atoms with Crippen molar-refractivity contribution in [2.24, 2.45) is 0 Å². The van der Waals surface area contributed by atoms with Gasteiger partial charge in [-0.15, -0.1) is 0 Å². The predicted octanol–water partition coefficient (Wildman–Crippen LogP) is 1.19. The molecule has 2 rings (SSSR count). The third-order valence-electron chi connectivity index (χ3n) is 2.46. The van der Waals surface area contributed by atoms with Crippen LogP contribution in [0.3, 0.4) is 0 Å². The summed E-state index contributed by atoms with van der Waals surface area (Å²) in [5.41, 5.74) is 6.44. The van der Waals surface area contributed by atoms with Crippen molar-refractivity contribution in [2.75, 3.05) is 0 Å². The maximum Gasteiger partial charge on any atom is 0.290 e. The number of aromatic amines is 1. The Hall–Kier alpha value is -2.89. The number of hydrazine groups is 1. The van der Waals surface area contributed by atoms with Gasteiger partial charge in [0.1, 0.15) is 0 Å². The number of benzene rings is 1. The minimum Gasteiger partial charge on any atom is -0.282 e. The highest BCUT2D eigenvalue weighted by Crippen LogP contribution is 2.00. The van der Waals surface area contributed by atoms with Gasteiger partial charge in [0, 0.05) is 11.8 Å². The summed E-state index contributed by atoms with van der Waals surface area (Å²) < 4.78 is 0. The smallest absolute Gasteiger partial charge is 0.282 e. The van der Waals surface area contributed by atoms with Gasteiger partial charge in [0.15, 0.2) is 5.69 Å². The summed E-state index contributed by atoms with van der Waals surface area (Å²) in [4.78, 5) is 23.1. The number of carbonyl (C=O) groups excluding carboxylic acids is 2. The average molecular weight is 270 g/mol. The molecule has 0 aliphatic carbocycles. The van der Waals surface area contributed by atoms with Crippen LogP contribution in [0.2, 0.25) is 0 Å². The lowest BCUT2D eigenvalue weighted by atomic mass is 10.2. The summed E-state index contributed by atoms with van der Waals surface area (Å²) in [6, 6.07) is 11.0. The van der Waals surface area contributed by atoms with Gasteiger partial charge in [0.25, 0.3) is 11.8 Å². The Labute approximate surface area is 115 Å². The van der Waals surface area contributed by atoms with E-state index in [0.29, 0.717) is 0 Å². The maximum atomic E-state index is 11.6. The number of nitrogens with zero attached hydrogens (tertiary/aromatic N) is 1. The maximum absolute atomic E-state index is 11.6.